The molecule has 0 fully saturated rings. The van der Waals surface area contributed by atoms with E-state index in [0.29, 0.717) is 38.3 Å². The van der Waals surface area contributed by atoms with Crippen LogP contribution in [0.15, 0.2) is 59.8 Å². The molecule has 4 rings (SSSR count). The fourth-order valence-electron chi connectivity index (χ4n) is 3.94. The van der Waals surface area contributed by atoms with Crippen molar-refractivity contribution in [2.75, 3.05) is 6.54 Å². The first-order valence-electron chi connectivity index (χ1n) is 10.6. The molecule has 3 heterocycles. The van der Waals surface area contributed by atoms with Gasteiger partial charge in [0.05, 0.1) is 6.54 Å². The number of carbonyl (C=O) groups is 2. The Morgan fingerprint density at radius 2 is 1.84 bits per heavy atom. The third-order valence-electron chi connectivity index (χ3n) is 5.65. The highest BCUT2D eigenvalue weighted by atomic mass is 16.2. The fourth-order valence-corrected chi connectivity index (χ4v) is 3.94. The topological polar surface area (TPSA) is 97.2 Å². The molecule has 0 radical (unpaired) electrons. The fraction of sp³-hybridized carbons (Fsp3) is 0.292. The van der Waals surface area contributed by atoms with E-state index in [-0.39, 0.29) is 23.6 Å². The molecule has 1 aromatic carbocycles. The summed E-state index contributed by atoms with van der Waals surface area (Å²) in [7, 11) is 0. The Labute approximate surface area is 185 Å². The number of carbonyl (C=O) groups excluding carboxylic acids is 2. The summed E-state index contributed by atoms with van der Waals surface area (Å²) in [5.74, 6) is 0.00626. The second-order valence-electron chi connectivity index (χ2n) is 7.78. The van der Waals surface area contributed by atoms with Crippen molar-refractivity contribution in [3.63, 3.8) is 0 Å². The van der Waals surface area contributed by atoms with Crippen molar-refractivity contribution in [3.05, 3.63) is 93.4 Å². The number of rotatable bonds is 6. The zero-order valence-electron chi connectivity index (χ0n) is 18.0. The Hall–Kier alpha value is -3.81. The largest absolute Gasteiger partial charge is 0.345 e. The van der Waals surface area contributed by atoms with Gasteiger partial charge in [0.15, 0.2) is 0 Å². The molecule has 1 N–H and O–H groups in total. The summed E-state index contributed by atoms with van der Waals surface area (Å²) in [5.41, 5.74) is 2.49. The molecule has 8 heteroatoms. The average molecular weight is 431 g/mol. The number of benzene rings is 1. The molecule has 0 bridgehead atoms. The first kappa shape index (κ1) is 21.4. The van der Waals surface area contributed by atoms with Gasteiger partial charge in [0.2, 0.25) is 5.91 Å². The van der Waals surface area contributed by atoms with Gasteiger partial charge in [-0.05, 0) is 35.6 Å². The van der Waals surface area contributed by atoms with Crippen LogP contribution in [0.25, 0.3) is 0 Å². The Balaban J connectivity index is 1.65. The SMILES string of the molecule is CC(=O)N1CCc2c(cn(CCc3ccccc3)c(=O)c2C(=O)NCc2ncccn2)C1. The van der Waals surface area contributed by atoms with Crippen LogP contribution in [0.4, 0.5) is 0 Å². The van der Waals surface area contributed by atoms with Crippen LogP contribution in [0.5, 0.6) is 0 Å². The number of nitrogens with zero attached hydrogens (tertiary/aromatic N) is 4. The molecule has 3 aromatic rings. The molecule has 2 amide bonds. The zero-order chi connectivity index (χ0) is 22.5. The van der Waals surface area contributed by atoms with Crippen LogP contribution < -0.4 is 10.9 Å². The highest BCUT2D eigenvalue weighted by molar-refractivity contribution is 5.95. The highest BCUT2D eigenvalue weighted by Gasteiger charge is 2.27. The van der Waals surface area contributed by atoms with E-state index in [9.17, 15) is 14.4 Å². The maximum Gasteiger partial charge on any atom is 0.263 e. The number of fused-ring (bicyclic) bond motifs is 1. The predicted molar refractivity (Wildman–Crippen MR) is 119 cm³/mol. The number of hydrogen-bond acceptors (Lipinski definition) is 5. The van der Waals surface area contributed by atoms with E-state index in [4.69, 9.17) is 0 Å². The van der Waals surface area contributed by atoms with Gasteiger partial charge in [-0.15, -0.1) is 0 Å². The molecule has 0 saturated carbocycles. The Bertz CT molecular complexity index is 1180. The first-order valence-corrected chi connectivity index (χ1v) is 10.6. The average Bonchev–Trinajstić information content (AvgIpc) is 2.82. The van der Waals surface area contributed by atoms with Crippen molar-refractivity contribution in [1.29, 1.82) is 0 Å². The van der Waals surface area contributed by atoms with Gasteiger partial charge in [-0.3, -0.25) is 14.4 Å². The lowest BCUT2D eigenvalue weighted by Gasteiger charge is -2.29. The summed E-state index contributed by atoms with van der Waals surface area (Å²) < 4.78 is 1.59. The maximum absolute atomic E-state index is 13.3. The first-order chi connectivity index (χ1) is 15.5. The van der Waals surface area contributed by atoms with Gasteiger partial charge in [0.1, 0.15) is 11.4 Å². The van der Waals surface area contributed by atoms with E-state index >= 15 is 0 Å². The summed E-state index contributed by atoms with van der Waals surface area (Å²) in [6.45, 7) is 2.98. The highest BCUT2D eigenvalue weighted by Crippen LogP contribution is 2.21. The quantitative estimate of drug-likeness (QED) is 0.641. The third kappa shape index (κ3) is 4.74. The van der Waals surface area contributed by atoms with Gasteiger partial charge >= 0.3 is 0 Å². The van der Waals surface area contributed by atoms with Crippen LogP contribution in [0, 0.1) is 0 Å². The number of hydrogen-bond donors (Lipinski definition) is 1. The number of pyridine rings is 1. The van der Waals surface area contributed by atoms with Gasteiger partial charge in [-0.2, -0.15) is 0 Å². The van der Waals surface area contributed by atoms with Crippen LogP contribution in [-0.4, -0.2) is 37.8 Å². The van der Waals surface area contributed by atoms with Gasteiger partial charge < -0.3 is 14.8 Å². The van der Waals surface area contributed by atoms with E-state index in [1.807, 2.05) is 30.3 Å². The summed E-state index contributed by atoms with van der Waals surface area (Å²) >= 11 is 0. The lowest BCUT2D eigenvalue weighted by atomic mass is 9.96. The summed E-state index contributed by atoms with van der Waals surface area (Å²) in [4.78, 5) is 48.3. The monoisotopic (exact) mass is 431 g/mol. The van der Waals surface area contributed by atoms with Crippen LogP contribution in [0.2, 0.25) is 0 Å². The molecule has 1 aliphatic heterocycles. The predicted octanol–water partition coefficient (Wildman–Crippen LogP) is 1.72. The number of amides is 2. The molecule has 0 spiro atoms. The van der Waals surface area contributed by atoms with Crippen LogP contribution >= 0.6 is 0 Å². The van der Waals surface area contributed by atoms with Crippen LogP contribution in [-0.2, 0) is 37.3 Å². The lowest BCUT2D eigenvalue weighted by molar-refractivity contribution is -0.129. The molecule has 0 unspecified atom stereocenters. The third-order valence-corrected chi connectivity index (χ3v) is 5.65. The van der Waals surface area contributed by atoms with Gasteiger partial charge in [-0.25, -0.2) is 9.97 Å². The van der Waals surface area contributed by atoms with Crippen molar-refractivity contribution >= 4 is 11.8 Å². The van der Waals surface area contributed by atoms with Crippen LogP contribution in [0.3, 0.4) is 0 Å². The second-order valence-corrected chi connectivity index (χ2v) is 7.78. The number of nitrogens with one attached hydrogen (secondary N) is 1. The van der Waals surface area contributed by atoms with Crippen LogP contribution in [0.1, 0.15) is 39.8 Å². The van der Waals surface area contributed by atoms with Crippen molar-refractivity contribution in [2.45, 2.75) is 39.4 Å². The van der Waals surface area contributed by atoms with Crippen molar-refractivity contribution in [3.8, 4) is 0 Å². The molecule has 164 valence electrons. The minimum absolute atomic E-state index is 0.0232. The summed E-state index contributed by atoms with van der Waals surface area (Å²) in [6.07, 6.45) is 6.13. The molecule has 0 aliphatic carbocycles. The van der Waals surface area contributed by atoms with Gasteiger partial charge in [-0.1, -0.05) is 30.3 Å². The van der Waals surface area contributed by atoms with E-state index in [2.05, 4.69) is 15.3 Å². The Kier molecular flexibility index (Phi) is 6.39. The molecule has 0 saturated heterocycles. The minimum atomic E-state index is -0.441. The molecule has 2 aromatic heterocycles. The summed E-state index contributed by atoms with van der Waals surface area (Å²) in [6, 6.07) is 11.6. The van der Waals surface area contributed by atoms with Crippen molar-refractivity contribution in [1.82, 2.24) is 24.8 Å². The smallest absolute Gasteiger partial charge is 0.263 e. The van der Waals surface area contributed by atoms with Gasteiger partial charge in [0, 0.05) is 45.1 Å². The molecule has 0 atom stereocenters. The number of aryl methyl sites for hydroxylation is 2. The Morgan fingerprint density at radius 1 is 1.09 bits per heavy atom. The molecular weight excluding hydrogens is 406 g/mol. The normalized spacial score (nSPS) is 12.8. The zero-order valence-corrected chi connectivity index (χ0v) is 18.0. The van der Waals surface area contributed by atoms with Crippen molar-refractivity contribution < 1.29 is 9.59 Å². The second kappa shape index (κ2) is 9.55. The lowest BCUT2D eigenvalue weighted by Crippen LogP contribution is -2.41. The van der Waals surface area contributed by atoms with E-state index in [1.54, 1.807) is 34.1 Å². The Morgan fingerprint density at radius 3 is 2.56 bits per heavy atom. The van der Waals surface area contributed by atoms with E-state index < -0.39 is 5.91 Å². The summed E-state index contributed by atoms with van der Waals surface area (Å²) in [5, 5.41) is 2.78. The van der Waals surface area contributed by atoms with E-state index in [0.717, 1.165) is 16.7 Å². The van der Waals surface area contributed by atoms with Gasteiger partial charge in [0.25, 0.3) is 11.5 Å². The minimum Gasteiger partial charge on any atom is -0.345 e. The maximum atomic E-state index is 13.3. The molecule has 8 nitrogen and oxygen atoms in total. The van der Waals surface area contributed by atoms with E-state index in [1.165, 1.54) is 6.92 Å². The number of aromatic nitrogens is 3. The molecular formula is C24H25N5O3. The molecule has 32 heavy (non-hydrogen) atoms. The molecule has 1 aliphatic rings. The van der Waals surface area contributed by atoms with Crippen molar-refractivity contribution in [2.24, 2.45) is 0 Å². The standard InChI is InChI=1S/C24H25N5O3/c1-17(30)28-13-9-20-19(15-28)16-29(12-8-18-6-3-2-4-7-18)24(32)22(20)23(31)27-14-21-25-10-5-11-26-21/h2-7,10-11,16H,8-9,12-15H2,1H3,(H,27,31).